The van der Waals surface area contributed by atoms with Crippen LogP contribution in [0.1, 0.15) is 67.7 Å². The highest BCUT2D eigenvalue weighted by Gasteiger charge is 2.28. The van der Waals surface area contributed by atoms with Crippen LogP contribution in [0.3, 0.4) is 0 Å². The van der Waals surface area contributed by atoms with Gasteiger partial charge in [0.05, 0.1) is 26.2 Å². The lowest BCUT2D eigenvalue weighted by atomic mass is 9.91. The summed E-state index contributed by atoms with van der Waals surface area (Å²) >= 11 is 0. The summed E-state index contributed by atoms with van der Waals surface area (Å²) in [5.41, 5.74) is 5.00. The zero-order valence-corrected chi connectivity index (χ0v) is 23.8. The highest BCUT2D eigenvalue weighted by Crippen LogP contribution is 2.39. The van der Waals surface area contributed by atoms with Gasteiger partial charge < -0.3 is 24.4 Å². The fourth-order valence-electron chi connectivity index (χ4n) is 5.22. The summed E-state index contributed by atoms with van der Waals surface area (Å²) in [4.78, 5) is 11.1. The van der Waals surface area contributed by atoms with Crippen molar-refractivity contribution in [3.05, 3.63) is 82.7 Å². The van der Waals surface area contributed by atoms with E-state index in [0.717, 1.165) is 46.4 Å². The molecular weight excluding hydrogens is 511 g/mol. The lowest BCUT2D eigenvalue weighted by Crippen LogP contribution is -2.25. The summed E-state index contributed by atoms with van der Waals surface area (Å²) in [5, 5.41) is 18.7. The largest absolute Gasteiger partial charge is 0.493 e. The third-order valence-electron chi connectivity index (χ3n) is 7.49. The predicted octanol–water partition coefficient (Wildman–Crippen LogP) is 7.08. The van der Waals surface area contributed by atoms with E-state index in [1.165, 1.54) is 6.08 Å². The van der Waals surface area contributed by atoms with Gasteiger partial charge in [-0.15, -0.1) is 0 Å². The molecule has 2 aromatic carbocycles. The van der Waals surface area contributed by atoms with E-state index in [1.807, 2.05) is 52.0 Å². The van der Waals surface area contributed by atoms with Gasteiger partial charge in [-0.2, -0.15) is 0 Å². The number of ether oxygens (including phenoxy) is 3. The Morgan fingerprint density at radius 3 is 2.55 bits per heavy atom. The molecule has 1 aliphatic carbocycles. The first kappa shape index (κ1) is 29.4. The number of aryl methyl sites for hydroxylation is 2. The Bertz CT molecular complexity index is 1320. The number of allylic oxidation sites excluding steroid dienone is 3. The molecule has 0 saturated heterocycles. The molecule has 1 aliphatic heterocycles. The third-order valence-corrected chi connectivity index (χ3v) is 7.49. The van der Waals surface area contributed by atoms with Gasteiger partial charge in [0.2, 0.25) is 0 Å². The van der Waals surface area contributed by atoms with E-state index in [9.17, 15) is 9.90 Å². The molecular formula is C33H39FO6. The number of carbonyl (C=O) groups is 1. The molecule has 2 N–H and O–H groups in total. The Labute approximate surface area is 235 Å². The van der Waals surface area contributed by atoms with Crippen molar-refractivity contribution in [2.24, 2.45) is 5.41 Å². The van der Waals surface area contributed by atoms with Gasteiger partial charge in [0.25, 0.3) is 0 Å². The number of benzene rings is 2. The monoisotopic (exact) mass is 550 g/mol. The van der Waals surface area contributed by atoms with Crippen LogP contribution < -0.4 is 14.2 Å². The molecule has 0 radical (unpaired) electrons. The minimum atomic E-state index is -0.865. The molecule has 7 heteroatoms. The van der Waals surface area contributed by atoms with Crippen molar-refractivity contribution in [3.63, 3.8) is 0 Å². The average Bonchev–Trinajstić information content (AvgIpc) is 3.31. The number of rotatable bonds is 9. The summed E-state index contributed by atoms with van der Waals surface area (Å²) < 4.78 is 33.1. The van der Waals surface area contributed by atoms with Gasteiger partial charge in [-0.25, -0.2) is 4.39 Å². The molecule has 214 valence electrons. The van der Waals surface area contributed by atoms with Crippen LogP contribution in [0.5, 0.6) is 17.2 Å². The van der Waals surface area contributed by atoms with Gasteiger partial charge >= 0.3 is 5.97 Å². The van der Waals surface area contributed by atoms with Crippen LogP contribution in [0.4, 0.5) is 4.39 Å². The number of halogens is 1. The molecule has 2 aromatic rings. The first-order valence-corrected chi connectivity index (χ1v) is 13.7. The molecule has 0 fully saturated rings. The van der Waals surface area contributed by atoms with Crippen LogP contribution in [-0.4, -0.2) is 42.1 Å². The van der Waals surface area contributed by atoms with E-state index in [0.29, 0.717) is 31.1 Å². The topological polar surface area (TPSA) is 85.2 Å². The maximum Gasteiger partial charge on any atom is 0.304 e. The smallest absolute Gasteiger partial charge is 0.304 e. The first-order chi connectivity index (χ1) is 19.0. The maximum absolute atomic E-state index is 15.3. The number of aliphatic hydroxyl groups excluding tert-OH is 1. The van der Waals surface area contributed by atoms with Crippen LogP contribution in [0.2, 0.25) is 0 Å². The Hall–Kier alpha value is -3.58. The van der Waals surface area contributed by atoms with Crippen molar-refractivity contribution in [1.29, 1.82) is 0 Å². The summed E-state index contributed by atoms with van der Waals surface area (Å²) in [6.07, 6.45) is 4.84. The molecule has 6 nitrogen and oxygen atoms in total. The molecule has 0 amide bonds. The van der Waals surface area contributed by atoms with Gasteiger partial charge in [0.1, 0.15) is 29.2 Å². The zero-order chi connectivity index (χ0) is 29.0. The van der Waals surface area contributed by atoms with Crippen LogP contribution in [0.15, 0.2) is 60.5 Å². The van der Waals surface area contributed by atoms with Gasteiger partial charge in [0.15, 0.2) is 0 Å². The highest BCUT2D eigenvalue weighted by atomic mass is 19.1. The number of carboxylic acid groups (broad SMARTS) is 1. The normalized spacial score (nSPS) is 22.0. The van der Waals surface area contributed by atoms with E-state index in [-0.39, 0.29) is 29.9 Å². The van der Waals surface area contributed by atoms with E-state index >= 15 is 4.39 Å². The average molecular weight is 551 g/mol. The Morgan fingerprint density at radius 1 is 1.15 bits per heavy atom. The lowest BCUT2D eigenvalue weighted by molar-refractivity contribution is -0.137. The first-order valence-electron chi connectivity index (χ1n) is 13.7. The van der Waals surface area contributed by atoms with Crippen LogP contribution in [0, 0.1) is 19.3 Å². The number of aliphatic hydroxyl groups is 1. The molecule has 1 heterocycles. The number of fused-ring (bicyclic) bond motifs is 1. The molecule has 0 bridgehead atoms. The van der Waals surface area contributed by atoms with Crippen molar-refractivity contribution >= 4 is 11.5 Å². The van der Waals surface area contributed by atoms with Crippen molar-refractivity contribution in [3.8, 4) is 17.2 Å². The molecule has 0 saturated carbocycles. The number of hydrogen-bond donors (Lipinski definition) is 2. The van der Waals surface area contributed by atoms with Crippen LogP contribution in [-0.2, 0) is 4.79 Å². The quantitative estimate of drug-likeness (QED) is 0.347. The van der Waals surface area contributed by atoms with E-state index in [4.69, 9.17) is 19.3 Å². The fourth-order valence-corrected chi connectivity index (χ4v) is 5.22. The molecule has 2 atom stereocenters. The fraction of sp³-hybridized carbons (Fsp3) is 0.424. The maximum atomic E-state index is 15.3. The van der Waals surface area contributed by atoms with Crippen LogP contribution >= 0.6 is 0 Å². The second kappa shape index (κ2) is 12.3. The zero-order valence-electron chi connectivity index (χ0n) is 23.8. The van der Waals surface area contributed by atoms with Crippen molar-refractivity contribution in [1.82, 2.24) is 0 Å². The standard InChI is InChI=1S/C33H39FO6/c1-20-13-26(39-19-33(4,5)18-35)14-21(2)32(20)23-7-6-8-29(22(3)28(34)12-9-23)40-25-10-11-27-24(15-31(36)37)17-38-30(27)16-25/h9-14,16,24,29,35H,3,6-8,15,17-19H2,1-2,4-5H3,(H,36,37)/b23-9+,28-12+/t24-,29-/m1/s1. The van der Waals surface area contributed by atoms with E-state index in [1.54, 1.807) is 12.1 Å². The summed E-state index contributed by atoms with van der Waals surface area (Å²) in [6, 6.07) is 9.35. The van der Waals surface area contributed by atoms with Crippen molar-refractivity contribution in [2.75, 3.05) is 19.8 Å². The van der Waals surface area contributed by atoms with E-state index in [2.05, 4.69) is 6.58 Å². The predicted molar refractivity (Wildman–Crippen MR) is 154 cm³/mol. The summed E-state index contributed by atoms with van der Waals surface area (Å²) in [6.45, 7) is 12.7. The van der Waals surface area contributed by atoms with Crippen molar-refractivity contribution < 1.29 is 33.6 Å². The highest BCUT2D eigenvalue weighted by molar-refractivity contribution is 5.73. The minimum Gasteiger partial charge on any atom is -0.493 e. The van der Waals surface area contributed by atoms with Gasteiger partial charge in [-0.1, -0.05) is 32.6 Å². The molecule has 40 heavy (non-hydrogen) atoms. The van der Waals surface area contributed by atoms with E-state index < -0.39 is 17.9 Å². The van der Waals surface area contributed by atoms with Gasteiger partial charge in [-0.3, -0.25) is 4.79 Å². The molecule has 2 aliphatic rings. The van der Waals surface area contributed by atoms with Crippen molar-refractivity contribution in [2.45, 2.75) is 65.4 Å². The van der Waals surface area contributed by atoms with Gasteiger partial charge in [-0.05, 0) is 79.6 Å². The summed E-state index contributed by atoms with van der Waals surface area (Å²) in [7, 11) is 0. The number of hydrogen-bond acceptors (Lipinski definition) is 5. The third kappa shape index (κ3) is 6.94. The summed E-state index contributed by atoms with van der Waals surface area (Å²) in [5.74, 6) is 0.412. The minimum absolute atomic E-state index is 0.00850. The number of aliphatic carboxylic acids is 1. The Kier molecular flexibility index (Phi) is 9.04. The second-order valence-electron chi connectivity index (χ2n) is 11.6. The van der Waals surface area contributed by atoms with Crippen LogP contribution in [0.25, 0.3) is 5.57 Å². The Balaban J connectivity index is 1.47. The second-order valence-corrected chi connectivity index (χ2v) is 11.6. The molecule has 0 unspecified atom stereocenters. The molecule has 0 aromatic heterocycles. The van der Waals surface area contributed by atoms with Gasteiger partial charge in [0, 0.05) is 28.5 Å². The Morgan fingerprint density at radius 2 is 1.88 bits per heavy atom. The SMILES string of the molecule is C=C1/C(F)=C\C=C(\c2c(C)cc(OCC(C)(C)CO)cc2C)CCC[C@H]1Oc1ccc2c(c1)OC[C@H]2CC(=O)O. The lowest BCUT2D eigenvalue weighted by Gasteiger charge is -2.23. The number of carboxylic acids is 1. The molecule has 4 rings (SSSR count). The molecule has 0 spiro atoms.